The Morgan fingerprint density at radius 2 is 2.11 bits per heavy atom. The van der Waals surface area contributed by atoms with Gasteiger partial charge in [-0.25, -0.2) is 0 Å². The maximum absolute atomic E-state index is 5.88. The lowest BCUT2D eigenvalue weighted by Crippen LogP contribution is -2.37. The molecular weight excluding hydrogens is 242 g/mol. The zero-order valence-electron chi connectivity index (χ0n) is 11.9. The van der Waals surface area contributed by atoms with Gasteiger partial charge in [0.05, 0.1) is 12.2 Å². The molecule has 3 N–H and O–H groups in total. The number of rotatable bonds is 5. The number of hydrogen-bond donors (Lipinski definition) is 2. The van der Waals surface area contributed by atoms with Crippen LogP contribution in [0.1, 0.15) is 38.5 Å². The summed E-state index contributed by atoms with van der Waals surface area (Å²) in [4.78, 5) is 4.45. The van der Waals surface area contributed by atoms with Crippen molar-refractivity contribution in [3.05, 3.63) is 0 Å². The molecule has 0 bridgehead atoms. The van der Waals surface area contributed by atoms with E-state index in [0.717, 1.165) is 45.4 Å². The van der Waals surface area contributed by atoms with E-state index in [0.29, 0.717) is 24.1 Å². The predicted octanol–water partition coefficient (Wildman–Crippen LogP) is 1.27. The van der Waals surface area contributed by atoms with Crippen LogP contribution < -0.4 is 11.1 Å². The molecule has 1 atom stereocenters. The first-order chi connectivity index (χ1) is 9.28. The zero-order chi connectivity index (χ0) is 13.5. The lowest BCUT2D eigenvalue weighted by molar-refractivity contribution is 0.0581. The number of ether oxygens (including phenoxy) is 2. The van der Waals surface area contributed by atoms with Crippen LogP contribution in [-0.2, 0) is 9.47 Å². The number of hydrogen-bond acceptors (Lipinski definition) is 3. The van der Waals surface area contributed by atoms with Gasteiger partial charge in [0, 0.05) is 26.8 Å². The van der Waals surface area contributed by atoms with Crippen molar-refractivity contribution in [1.82, 2.24) is 5.32 Å². The second kappa shape index (κ2) is 7.70. The third-order valence-corrected chi connectivity index (χ3v) is 4.18. The predicted molar refractivity (Wildman–Crippen MR) is 76.2 cm³/mol. The fraction of sp³-hybridized carbons (Fsp3) is 0.929. The Kier molecular flexibility index (Phi) is 5.92. The van der Waals surface area contributed by atoms with E-state index in [1.165, 1.54) is 12.8 Å². The molecule has 2 aliphatic rings. The van der Waals surface area contributed by atoms with E-state index in [-0.39, 0.29) is 0 Å². The summed E-state index contributed by atoms with van der Waals surface area (Å²) in [6.07, 6.45) is 7.75. The third kappa shape index (κ3) is 4.99. The second-order valence-electron chi connectivity index (χ2n) is 5.62. The molecule has 5 nitrogen and oxygen atoms in total. The van der Waals surface area contributed by atoms with E-state index in [1.54, 1.807) is 7.11 Å². The summed E-state index contributed by atoms with van der Waals surface area (Å²) in [5.41, 5.74) is 5.88. The molecule has 19 heavy (non-hydrogen) atoms. The molecule has 0 aromatic rings. The molecule has 2 rings (SSSR count). The average molecular weight is 269 g/mol. The van der Waals surface area contributed by atoms with Crippen molar-refractivity contribution in [3.63, 3.8) is 0 Å². The summed E-state index contributed by atoms with van der Waals surface area (Å²) in [7, 11) is 1.80. The quantitative estimate of drug-likeness (QED) is 0.582. The van der Waals surface area contributed by atoms with Gasteiger partial charge in [0.1, 0.15) is 0 Å². The molecule has 1 saturated heterocycles. The molecule has 1 aliphatic heterocycles. The van der Waals surface area contributed by atoms with E-state index in [2.05, 4.69) is 10.3 Å². The van der Waals surface area contributed by atoms with Crippen molar-refractivity contribution in [2.45, 2.75) is 50.7 Å². The van der Waals surface area contributed by atoms with Crippen molar-refractivity contribution in [1.29, 1.82) is 0 Å². The number of nitrogens with two attached hydrogens (primary N) is 1. The highest BCUT2D eigenvalue weighted by atomic mass is 16.5. The Morgan fingerprint density at radius 3 is 2.74 bits per heavy atom. The Labute approximate surface area is 115 Å². The van der Waals surface area contributed by atoms with Crippen LogP contribution in [-0.4, -0.2) is 45.0 Å². The normalized spacial score (nSPS) is 32.5. The molecule has 1 heterocycles. The molecule has 0 amide bonds. The maximum atomic E-state index is 5.88. The van der Waals surface area contributed by atoms with Crippen molar-refractivity contribution in [3.8, 4) is 0 Å². The molecule has 0 radical (unpaired) electrons. The largest absolute Gasteiger partial charge is 0.381 e. The van der Waals surface area contributed by atoms with Gasteiger partial charge in [-0.3, -0.25) is 4.99 Å². The maximum Gasteiger partial charge on any atom is 0.188 e. The highest BCUT2D eigenvalue weighted by Gasteiger charge is 2.20. The minimum atomic E-state index is 0.311. The van der Waals surface area contributed by atoms with Gasteiger partial charge in [-0.05, 0) is 44.4 Å². The first kappa shape index (κ1) is 14.6. The lowest BCUT2D eigenvalue weighted by atomic mass is 9.87. The van der Waals surface area contributed by atoms with Crippen molar-refractivity contribution < 1.29 is 9.47 Å². The van der Waals surface area contributed by atoms with Crippen LogP contribution in [0.2, 0.25) is 0 Å². The highest BCUT2D eigenvalue weighted by Crippen LogP contribution is 2.25. The van der Waals surface area contributed by atoms with Crippen LogP contribution >= 0.6 is 0 Å². The molecule has 1 aliphatic carbocycles. The van der Waals surface area contributed by atoms with Gasteiger partial charge in [0.15, 0.2) is 5.96 Å². The van der Waals surface area contributed by atoms with E-state index >= 15 is 0 Å². The number of nitrogens with zero attached hydrogens (tertiary/aromatic N) is 1. The molecule has 1 unspecified atom stereocenters. The molecule has 0 spiro atoms. The molecule has 5 heteroatoms. The SMILES string of the molecule is COC1CCC(CN=C(N)NCC2CCCO2)CC1. The average Bonchev–Trinajstić information content (AvgIpc) is 2.96. The van der Waals surface area contributed by atoms with Gasteiger partial charge < -0.3 is 20.5 Å². The van der Waals surface area contributed by atoms with Gasteiger partial charge in [0.2, 0.25) is 0 Å². The van der Waals surface area contributed by atoms with Crippen LogP contribution in [0.15, 0.2) is 4.99 Å². The van der Waals surface area contributed by atoms with Crippen molar-refractivity contribution >= 4 is 5.96 Å². The minimum Gasteiger partial charge on any atom is -0.381 e. The smallest absolute Gasteiger partial charge is 0.188 e. The van der Waals surface area contributed by atoms with Crippen LogP contribution in [0, 0.1) is 5.92 Å². The van der Waals surface area contributed by atoms with Gasteiger partial charge in [-0.15, -0.1) is 0 Å². The molecule has 110 valence electrons. The second-order valence-corrected chi connectivity index (χ2v) is 5.62. The number of guanidine groups is 1. The lowest BCUT2D eigenvalue weighted by Gasteiger charge is -2.26. The third-order valence-electron chi connectivity index (χ3n) is 4.18. The molecule has 0 aromatic heterocycles. The Hall–Kier alpha value is -0.810. The summed E-state index contributed by atoms with van der Waals surface area (Å²) >= 11 is 0. The highest BCUT2D eigenvalue weighted by molar-refractivity contribution is 5.77. The van der Waals surface area contributed by atoms with E-state index in [4.69, 9.17) is 15.2 Å². The van der Waals surface area contributed by atoms with Crippen LogP contribution in [0.3, 0.4) is 0 Å². The number of nitrogens with one attached hydrogen (secondary N) is 1. The summed E-state index contributed by atoms with van der Waals surface area (Å²) in [5.74, 6) is 1.22. The summed E-state index contributed by atoms with van der Waals surface area (Å²) < 4.78 is 10.9. The first-order valence-corrected chi connectivity index (χ1v) is 7.46. The Bertz CT molecular complexity index is 282. The minimum absolute atomic E-state index is 0.311. The summed E-state index contributed by atoms with van der Waals surface area (Å²) in [6, 6.07) is 0. The fourth-order valence-corrected chi connectivity index (χ4v) is 2.86. The molecule has 1 saturated carbocycles. The van der Waals surface area contributed by atoms with E-state index in [1.807, 2.05) is 0 Å². The van der Waals surface area contributed by atoms with Crippen LogP contribution in [0.5, 0.6) is 0 Å². The van der Waals surface area contributed by atoms with Crippen LogP contribution in [0.4, 0.5) is 0 Å². The molecular formula is C14H27N3O2. The Morgan fingerprint density at radius 1 is 1.32 bits per heavy atom. The van der Waals surface area contributed by atoms with Gasteiger partial charge in [-0.2, -0.15) is 0 Å². The zero-order valence-corrected chi connectivity index (χ0v) is 11.9. The first-order valence-electron chi connectivity index (χ1n) is 7.46. The summed E-state index contributed by atoms with van der Waals surface area (Å²) in [5, 5.41) is 3.16. The molecule has 2 fully saturated rings. The summed E-state index contributed by atoms with van der Waals surface area (Å²) in [6.45, 7) is 2.50. The topological polar surface area (TPSA) is 68.9 Å². The monoisotopic (exact) mass is 269 g/mol. The van der Waals surface area contributed by atoms with Gasteiger partial charge in [0.25, 0.3) is 0 Å². The van der Waals surface area contributed by atoms with Crippen LogP contribution in [0.25, 0.3) is 0 Å². The molecule has 0 aromatic carbocycles. The Balaban J connectivity index is 1.61. The fourth-order valence-electron chi connectivity index (χ4n) is 2.86. The van der Waals surface area contributed by atoms with Crippen molar-refractivity contribution in [2.24, 2.45) is 16.6 Å². The van der Waals surface area contributed by atoms with Crippen molar-refractivity contribution in [2.75, 3.05) is 26.8 Å². The number of aliphatic imine (C=N–C) groups is 1. The number of methoxy groups -OCH3 is 1. The van der Waals surface area contributed by atoms with E-state index < -0.39 is 0 Å². The van der Waals surface area contributed by atoms with E-state index in [9.17, 15) is 0 Å². The van der Waals surface area contributed by atoms with Gasteiger partial charge >= 0.3 is 0 Å². The van der Waals surface area contributed by atoms with Gasteiger partial charge in [-0.1, -0.05) is 0 Å². The standard InChI is InChI=1S/C14H27N3O2/c1-18-12-6-4-11(5-7-12)9-16-14(15)17-10-13-3-2-8-19-13/h11-13H,2-10H2,1H3,(H3,15,16,17).